The summed E-state index contributed by atoms with van der Waals surface area (Å²) in [6.07, 6.45) is -4.45. The summed E-state index contributed by atoms with van der Waals surface area (Å²) in [5.41, 5.74) is 1.94. The first kappa shape index (κ1) is 19.2. The maximum Gasteiger partial charge on any atom is 0.416 e. The standard InChI is InChI=1S/C18H18F3NO2S/c1-12-5-3-6-13(2)17(12)22-16(23)11-25(24)10-14-7-4-8-15(9-14)18(19,20)21/h3-9H,10-11H2,1-2H3,(H,22,23)/t25-/m1/s1. The summed E-state index contributed by atoms with van der Waals surface area (Å²) in [6.45, 7) is 3.70. The molecule has 0 heterocycles. The molecule has 1 atom stereocenters. The lowest BCUT2D eigenvalue weighted by Crippen LogP contribution is -2.21. The number of carbonyl (C=O) groups is 1. The summed E-state index contributed by atoms with van der Waals surface area (Å²) < 4.78 is 50.2. The Balaban J connectivity index is 2.00. The summed E-state index contributed by atoms with van der Waals surface area (Å²) in [4.78, 5) is 12.1. The van der Waals surface area contributed by atoms with Gasteiger partial charge in [-0.15, -0.1) is 0 Å². The number of para-hydroxylation sites is 1. The Morgan fingerprint density at radius 2 is 1.68 bits per heavy atom. The molecule has 2 aromatic rings. The van der Waals surface area contributed by atoms with Gasteiger partial charge in [-0.1, -0.05) is 36.4 Å². The molecular weight excluding hydrogens is 351 g/mol. The zero-order valence-corrected chi connectivity index (χ0v) is 14.6. The molecular formula is C18H18F3NO2S. The smallest absolute Gasteiger partial charge is 0.325 e. The predicted molar refractivity (Wildman–Crippen MR) is 92.7 cm³/mol. The molecule has 0 aliphatic carbocycles. The SMILES string of the molecule is Cc1cccc(C)c1NC(=O)C[S@](=O)Cc1cccc(C(F)(F)F)c1. The topological polar surface area (TPSA) is 46.2 Å². The van der Waals surface area contributed by atoms with Crippen LogP contribution in [0.15, 0.2) is 42.5 Å². The van der Waals surface area contributed by atoms with Crippen molar-refractivity contribution < 1.29 is 22.2 Å². The van der Waals surface area contributed by atoms with Gasteiger partial charge in [-0.05, 0) is 36.6 Å². The zero-order chi connectivity index (χ0) is 18.6. The fourth-order valence-electron chi connectivity index (χ4n) is 2.41. The molecule has 1 N–H and O–H groups in total. The normalized spacial score (nSPS) is 12.7. The van der Waals surface area contributed by atoms with Crippen LogP contribution in [0, 0.1) is 13.8 Å². The highest BCUT2D eigenvalue weighted by atomic mass is 32.2. The molecule has 0 saturated carbocycles. The Kier molecular flexibility index (Phi) is 6.00. The number of anilines is 1. The monoisotopic (exact) mass is 369 g/mol. The third-order valence-corrected chi connectivity index (χ3v) is 4.86. The van der Waals surface area contributed by atoms with Crippen LogP contribution in [-0.2, 0) is 27.5 Å². The molecule has 0 aromatic heterocycles. The van der Waals surface area contributed by atoms with Crippen LogP contribution in [0.5, 0.6) is 0 Å². The van der Waals surface area contributed by atoms with E-state index in [9.17, 15) is 22.2 Å². The summed E-state index contributed by atoms with van der Waals surface area (Å²) in [5, 5.41) is 2.72. The molecule has 7 heteroatoms. The average Bonchev–Trinajstić information content (AvgIpc) is 2.50. The summed E-state index contributed by atoms with van der Waals surface area (Å²) in [5.74, 6) is -0.809. The molecule has 0 unspecified atom stereocenters. The van der Waals surface area contributed by atoms with Gasteiger partial charge in [0, 0.05) is 22.2 Å². The fourth-order valence-corrected chi connectivity index (χ4v) is 3.43. The van der Waals surface area contributed by atoms with Gasteiger partial charge in [-0.3, -0.25) is 9.00 Å². The number of rotatable bonds is 5. The number of amides is 1. The molecule has 0 bridgehead atoms. The highest BCUT2D eigenvalue weighted by Gasteiger charge is 2.30. The van der Waals surface area contributed by atoms with E-state index in [4.69, 9.17) is 0 Å². The van der Waals surface area contributed by atoms with Crippen molar-refractivity contribution in [2.75, 3.05) is 11.1 Å². The third kappa shape index (κ3) is 5.42. The van der Waals surface area contributed by atoms with E-state index < -0.39 is 28.4 Å². The van der Waals surface area contributed by atoms with Crippen molar-refractivity contribution in [3.8, 4) is 0 Å². The molecule has 0 spiro atoms. The number of nitrogens with one attached hydrogen (secondary N) is 1. The number of aryl methyl sites for hydroxylation is 2. The van der Waals surface area contributed by atoms with Crippen molar-refractivity contribution in [3.63, 3.8) is 0 Å². The minimum atomic E-state index is -4.45. The van der Waals surface area contributed by atoms with Gasteiger partial charge < -0.3 is 5.32 Å². The molecule has 2 aromatic carbocycles. The van der Waals surface area contributed by atoms with Gasteiger partial charge in [0.25, 0.3) is 0 Å². The first-order valence-electron chi connectivity index (χ1n) is 7.54. The molecule has 0 aliphatic rings. The largest absolute Gasteiger partial charge is 0.416 e. The predicted octanol–water partition coefficient (Wildman–Crippen LogP) is 4.21. The number of halogens is 3. The molecule has 3 nitrogen and oxygen atoms in total. The van der Waals surface area contributed by atoms with Crippen LogP contribution >= 0.6 is 0 Å². The van der Waals surface area contributed by atoms with E-state index in [-0.39, 0.29) is 17.1 Å². The zero-order valence-electron chi connectivity index (χ0n) is 13.8. The minimum absolute atomic E-state index is 0.107. The Labute approximate surface area is 146 Å². The second-order valence-corrected chi connectivity index (χ2v) is 7.20. The minimum Gasteiger partial charge on any atom is -0.325 e. The Morgan fingerprint density at radius 3 is 2.28 bits per heavy atom. The molecule has 0 fully saturated rings. The average molecular weight is 369 g/mol. The van der Waals surface area contributed by atoms with E-state index in [0.717, 1.165) is 23.3 Å². The Bertz CT molecular complexity index is 783. The van der Waals surface area contributed by atoms with Crippen molar-refractivity contribution in [2.24, 2.45) is 0 Å². The maximum absolute atomic E-state index is 12.7. The van der Waals surface area contributed by atoms with Crippen LogP contribution in [-0.4, -0.2) is 15.9 Å². The van der Waals surface area contributed by atoms with Crippen molar-refractivity contribution in [3.05, 3.63) is 64.7 Å². The van der Waals surface area contributed by atoms with Crippen LogP contribution < -0.4 is 5.32 Å². The molecule has 134 valence electrons. The lowest BCUT2D eigenvalue weighted by atomic mass is 10.1. The van der Waals surface area contributed by atoms with Crippen molar-refractivity contribution >= 4 is 22.4 Å². The highest BCUT2D eigenvalue weighted by molar-refractivity contribution is 7.84. The summed E-state index contributed by atoms with van der Waals surface area (Å²) >= 11 is 0. The van der Waals surface area contributed by atoms with Gasteiger partial charge in [0.2, 0.25) is 5.91 Å². The number of hydrogen-bond donors (Lipinski definition) is 1. The first-order valence-corrected chi connectivity index (χ1v) is 9.03. The van der Waals surface area contributed by atoms with Crippen molar-refractivity contribution in [2.45, 2.75) is 25.8 Å². The molecule has 25 heavy (non-hydrogen) atoms. The van der Waals surface area contributed by atoms with Gasteiger partial charge in [-0.25, -0.2) is 0 Å². The van der Waals surface area contributed by atoms with Crippen LogP contribution in [0.4, 0.5) is 18.9 Å². The number of benzene rings is 2. The van der Waals surface area contributed by atoms with Gasteiger partial charge in [0.15, 0.2) is 0 Å². The molecule has 0 aliphatic heterocycles. The molecule has 2 rings (SSSR count). The number of alkyl halides is 3. The maximum atomic E-state index is 12.7. The molecule has 0 radical (unpaired) electrons. The first-order chi connectivity index (χ1) is 11.7. The summed E-state index contributed by atoms with van der Waals surface area (Å²) in [7, 11) is -1.60. The van der Waals surface area contributed by atoms with Gasteiger partial charge in [0.05, 0.1) is 5.56 Å². The van der Waals surface area contributed by atoms with Crippen LogP contribution in [0.1, 0.15) is 22.3 Å². The van der Waals surface area contributed by atoms with E-state index in [2.05, 4.69) is 5.32 Å². The highest BCUT2D eigenvalue weighted by Crippen LogP contribution is 2.29. The number of hydrogen-bond acceptors (Lipinski definition) is 2. The van der Waals surface area contributed by atoms with E-state index in [1.165, 1.54) is 12.1 Å². The van der Waals surface area contributed by atoms with E-state index >= 15 is 0 Å². The quantitative estimate of drug-likeness (QED) is 0.858. The molecule has 1 amide bonds. The van der Waals surface area contributed by atoms with Gasteiger partial charge in [-0.2, -0.15) is 13.2 Å². The lowest BCUT2D eigenvalue weighted by molar-refractivity contribution is -0.137. The van der Waals surface area contributed by atoms with Crippen LogP contribution in [0.25, 0.3) is 0 Å². The third-order valence-electron chi connectivity index (χ3n) is 3.62. The Hall–Kier alpha value is -2.15. The van der Waals surface area contributed by atoms with E-state index in [1.54, 1.807) is 0 Å². The number of carbonyl (C=O) groups excluding carboxylic acids is 1. The second kappa shape index (κ2) is 7.82. The van der Waals surface area contributed by atoms with Gasteiger partial charge in [0.1, 0.15) is 5.75 Å². The fraction of sp³-hybridized carbons (Fsp3) is 0.278. The van der Waals surface area contributed by atoms with Gasteiger partial charge >= 0.3 is 6.18 Å². The van der Waals surface area contributed by atoms with Crippen LogP contribution in [0.3, 0.4) is 0 Å². The van der Waals surface area contributed by atoms with E-state index in [1.807, 2.05) is 32.0 Å². The summed E-state index contributed by atoms with van der Waals surface area (Å²) in [6, 6.07) is 10.2. The van der Waals surface area contributed by atoms with Crippen molar-refractivity contribution in [1.29, 1.82) is 0 Å². The van der Waals surface area contributed by atoms with Crippen LogP contribution in [0.2, 0.25) is 0 Å². The van der Waals surface area contributed by atoms with E-state index in [0.29, 0.717) is 5.69 Å². The van der Waals surface area contributed by atoms with Crippen molar-refractivity contribution in [1.82, 2.24) is 0 Å². The second-order valence-electron chi connectivity index (χ2n) is 5.74. The molecule has 0 saturated heterocycles. The lowest BCUT2D eigenvalue weighted by Gasteiger charge is -2.12. The Morgan fingerprint density at radius 1 is 1.08 bits per heavy atom.